The van der Waals surface area contributed by atoms with Crippen molar-refractivity contribution >= 4 is 11.9 Å². The zero-order valence-electron chi connectivity index (χ0n) is 11.5. The summed E-state index contributed by atoms with van der Waals surface area (Å²) in [5, 5.41) is 8.77. The van der Waals surface area contributed by atoms with Gasteiger partial charge < -0.3 is 19.5 Å². The van der Waals surface area contributed by atoms with Crippen molar-refractivity contribution in [2.45, 2.75) is 12.5 Å². The van der Waals surface area contributed by atoms with Gasteiger partial charge in [0.05, 0.1) is 31.8 Å². The third-order valence-corrected chi connectivity index (χ3v) is 3.22. The molecule has 6 nitrogen and oxygen atoms in total. The van der Waals surface area contributed by atoms with E-state index in [2.05, 4.69) is 0 Å². The van der Waals surface area contributed by atoms with Crippen LogP contribution in [0.25, 0.3) is 0 Å². The van der Waals surface area contributed by atoms with Crippen molar-refractivity contribution in [3.8, 4) is 5.75 Å². The lowest BCUT2D eigenvalue weighted by Gasteiger charge is -2.32. The monoisotopic (exact) mass is 297 g/mol. The smallest absolute Gasteiger partial charge is 0.306 e. The van der Waals surface area contributed by atoms with Crippen LogP contribution in [0.2, 0.25) is 0 Å². The van der Waals surface area contributed by atoms with Gasteiger partial charge in [-0.05, 0) is 18.2 Å². The standard InChI is InChI=1S/C14H16FNO5/c1-20-12-3-2-9(15)6-11(12)14(19)16-4-5-21-10(8-16)7-13(17)18/h2-3,6,10H,4-5,7-8H2,1H3,(H,17,18)/t10-/m1/s1. The Morgan fingerprint density at radius 1 is 1.52 bits per heavy atom. The van der Waals surface area contributed by atoms with Crippen LogP contribution < -0.4 is 4.74 Å². The van der Waals surface area contributed by atoms with E-state index in [1.54, 1.807) is 0 Å². The maximum atomic E-state index is 13.3. The Balaban J connectivity index is 2.15. The summed E-state index contributed by atoms with van der Waals surface area (Å²) in [6.45, 7) is 0.737. The Morgan fingerprint density at radius 2 is 2.29 bits per heavy atom. The van der Waals surface area contributed by atoms with Gasteiger partial charge in [0.15, 0.2) is 0 Å². The van der Waals surface area contributed by atoms with Gasteiger partial charge in [-0.15, -0.1) is 0 Å². The number of aliphatic carboxylic acids is 1. The van der Waals surface area contributed by atoms with Crippen LogP contribution in [0.1, 0.15) is 16.8 Å². The van der Waals surface area contributed by atoms with Crippen LogP contribution in [0.5, 0.6) is 5.75 Å². The fourth-order valence-electron chi connectivity index (χ4n) is 2.24. The molecular formula is C14H16FNO5. The Morgan fingerprint density at radius 3 is 2.95 bits per heavy atom. The minimum atomic E-state index is -0.988. The summed E-state index contributed by atoms with van der Waals surface area (Å²) in [7, 11) is 1.40. The maximum Gasteiger partial charge on any atom is 0.306 e. The Labute approximate surface area is 121 Å². The molecule has 1 aromatic rings. The third-order valence-electron chi connectivity index (χ3n) is 3.22. The lowest BCUT2D eigenvalue weighted by Crippen LogP contribution is -2.46. The number of nitrogens with zero attached hydrogens (tertiary/aromatic N) is 1. The van der Waals surface area contributed by atoms with E-state index in [-0.39, 0.29) is 30.9 Å². The van der Waals surface area contributed by atoms with Gasteiger partial charge in [-0.2, -0.15) is 0 Å². The molecule has 0 aliphatic carbocycles. The molecule has 1 heterocycles. The molecule has 1 aliphatic heterocycles. The van der Waals surface area contributed by atoms with Gasteiger partial charge in [-0.3, -0.25) is 9.59 Å². The first kappa shape index (κ1) is 15.2. The first-order valence-electron chi connectivity index (χ1n) is 6.47. The predicted molar refractivity (Wildman–Crippen MR) is 70.8 cm³/mol. The van der Waals surface area contributed by atoms with Crippen molar-refractivity contribution < 1.29 is 28.6 Å². The summed E-state index contributed by atoms with van der Waals surface area (Å²) in [4.78, 5) is 24.6. The van der Waals surface area contributed by atoms with Crippen molar-refractivity contribution in [2.75, 3.05) is 26.8 Å². The average molecular weight is 297 g/mol. The number of carboxylic acid groups (broad SMARTS) is 1. The molecule has 114 valence electrons. The molecule has 21 heavy (non-hydrogen) atoms. The minimum absolute atomic E-state index is 0.119. The molecule has 1 aliphatic rings. The second-order valence-corrected chi connectivity index (χ2v) is 4.69. The van der Waals surface area contributed by atoms with Gasteiger partial charge >= 0.3 is 5.97 Å². The second-order valence-electron chi connectivity index (χ2n) is 4.69. The molecule has 0 spiro atoms. The number of hydrogen-bond donors (Lipinski definition) is 1. The lowest BCUT2D eigenvalue weighted by molar-refractivity contribution is -0.141. The number of rotatable bonds is 4. The topological polar surface area (TPSA) is 76.1 Å². The number of amides is 1. The highest BCUT2D eigenvalue weighted by molar-refractivity contribution is 5.97. The van der Waals surface area contributed by atoms with Crippen molar-refractivity contribution in [1.29, 1.82) is 0 Å². The normalized spacial score (nSPS) is 18.4. The molecule has 0 saturated carbocycles. The molecule has 1 amide bonds. The van der Waals surface area contributed by atoms with Crippen LogP contribution in [0.15, 0.2) is 18.2 Å². The van der Waals surface area contributed by atoms with Gasteiger partial charge in [0.2, 0.25) is 0 Å². The first-order valence-corrected chi connectivity index (χ1v) is 6.47. The maximum absolute atomic E-state index is 13.3. The number of halogens is 1. The predicted octanol–water partition coefficient (Wildman–Crippen LogP) is 1.15. The number of morpholine rings is 1. The quantitative estimate of drug-likeness (QED) is 0.902. The number of carboxylic acids is 1. The molecule has 1 atom stereocenters. The van der Waals surface area contributed by atoms with Crippen molar-refractivity contribution in [1.82, 2.24) is 4.90 Å². The van der Waals surface area contributed by atoms with E-state index < -0.39 is 23.8 Å². The molecule has 0 bridgehead atoms. The van der Waals surface area contributed by atoms with Gasteiger partial charge in [0.1, 0.15) is 11.6 Å². The van der Waals surface area contributed by atoms with E-state index in [1.807, 2.05) is 0 Å². The van der Waals surface area contributed by atoms with Gasteiger partial charge in [0.25, 0.3) is 5.91 Å². The van der Waals surface area contributed by atoms with E-state index in [9.17, 15) is 14.0 Å². The fraction of sp³-hybridized carbons (Fsp3) is 0.429. The molecule has 1 saturated heterocycles. The molecule has 1 fully saturated rings. The van der Waals surface area contributed by atoms with Crippen molar-refractivity contribution in [3.05, 3.63) is 29.6 Å². The van der Waals surface area contributed by atoms with Gasteiger partial charge in [-0.1, -0.05) is 0 Å². The van der Waals surface area contributed by atoms with Crippen LogP contribution in [-0.2, 0) is 9.53 Å². The highest BCUT2D eigenvalue weighted by atomic mass is 19.1. The average Bonchev–Trinajstić information content (AvgIpc) is 2.46. The highest BCUT2D eigenvalue weighted by Crippen LogP contribution is 2.22. The Kier molecular flexibility index (Phi) is 4.74. The summed E-state index contributed by atoms with van der Waals surface area (Å²) >= 11 is 0. The van der Waals surface area contributed by atoms with Crippen LogP contribution >= 0.6 is 0 Å². The molecule has 0 unspecified atom stereocenters. The number of benzene rings is 1. The molecule has 7 heteroatoms. The van der Waals surface area contributed by atoms with E-state index in [1.165, 1.54) is 24.1 Å². The largest absolute Gasteiger partial charge is 0.496 e. The summed E-state index contributed by atoms with van der Waals surface area (Å²) in [5.41, 5.74) is 0.119. The number of carbonyl (C=O) groups excluding carboxylic acids is 1. The fourth-order valence-corrected chi connectivity index (χ4v) is 2.24. The molecule has 1 aromatic carbocycles. The summed E-state index contributed by atoms with van der Waals surface area (Å²) < 4.78 is 23.7. The van der Waals surface area contributed by atoms with E-state index in [0.29, 0.717) is 6.54 Å². The molecular weight excluding hydrogens is 281 g/mol. The molecule has 1 N–H and O–H groups in total. The lowest BCUT2D eigenvalue weighted by atomic mass is 10.1. The molecule has 0 aromatic heterocycles. The van der Waals surface area contributed by atoms with E-state index >= 15 is 0 Å². The number of ether oxygens (including phenoxy) is 2. The number of hydrogen-bond acceptors (Lipinski definition) is 4. The minimum Gasteiger partial charge on any atom is -0.496 e. The van der Waals surface area contributed by atoms with Crippen LogP contribution in [0.4, 0.5) is 4.39 Å². The SMILES string of the molecule is COc1ccc(F)cc1C(=O)N1CCO[C@H](CC(=O)O)C1. The van der Waals surface area contributed by atoms with Gasteiger partial charge in [0, 0.05) is 13.1 Å². The van der Waals surface area contributed by atoms with Gasteiger partial charge in [-0.25, -0.2) is 4.39 Å². The van der Waals surface area contributed by atoms with E-state index in [0.717, 1.165) is 6.07 Å². The van der Waals surface area contributed by atoms with Crippen LogP contribution in [0.3, 0.4) is 0 Å². The Bertz CT molecular complexity index is 548. The van der Waals surface area contributed by atoms with Crippen molar-refractivity contribution in [2.24, 2.45) is 0 Å². The van der Waals surface area contributed by atoms with Crippen LogP contribution in [0, 0.1) is 5.82 Å². The molecule has 2 rings (SSSR count). The number of methoxy groups -OCH3 is 1. The van der Waals surface area contributed by atoms with Crippen molar-refractivity contribution in [3.63, 3.8) is 0 Å². The summed E-state index contributed by atoms with van der Waals surface area (Å²) in [6, 6.07) is 3.71. The summed E-state index contributed by atoms with van der Waals surface area (Å²) in [5.74, 6) is -1.64. The highest BCUT2D eigenvalue weighted by Gasteiger charge is 2.28. The van der Waals surface area contributed by atoms with E-state index in [4.69, 9.17) is 14.6 Å². The number of carbonyl (C=O) groups is 2. The molecule has 0 radical (unpaired) electrons. The van der Waals surface area contributed by atoms with Crippen LogP contribution in [-0.4, -0.2) is 54.8 Å². The summed E-state index contributed by atoms with van der Waals surface area (Å²) in [6.07, 6.45) is -0.732. The third kappa shape index (κ3) is 3.69. The zero-order chi connectivity index (χ0) is 15.4. The second kappa shape index (κ2) is 6.53. The zero-order valence-corrected chi connectivity index (χ0v) is 11.5. The Hall–Kier alpha value is -2.15. The first-order chi connectivity index (χ1) is 10.0.